The van der Waals surface area contributed by atoms with Crippen LogP contribution >= 0.6 is 11.6 Å². The number of benzene rings is 1. The molecule has 0 radical (unpaired) electrons. The Bertz CT molecular complexity index is 639. The van der Waals surface area contributed by atoms with Gasteiger partial charge in [-0.3, -0.25) is 0 Å². The van der Waals surface area contributed by atoms with E-state index in [0.717, 1.165) is 48.3 Å². The summed E-state index contributed by atoms with van der Waals surface area (Å²) in [5, 5.41) is 5.05. The maximum atomic E-state index is 6.24. The molecule has 1 aromatic carbocycles. The number of hydrogen-bond acceptors (Lipinski definition) is 4. The van der Waals surface area contributed by atoms with Crippen LogP contribution in [0.1, 0.15) is 31.4 Å². The summed E-state index contributed by atoms with van der Waals surface area (Å²) >= 11 is 6.24. The highest BCUT2D eigenvalue weighted by Gasteiger charge is 2.17. The molecule has 3 rings (SSSR count). The largest absolute Gasteiger partial charge is 0.376 e. The molecule has 0 aliphatic carbocycles. The van der Waals surface area contributed by atoms with Crippen LogP contribution in [0.5, 0.6) is 0 Å². The molecule has 0 saturated carbocycles. The number of nitrogens with two attached hydrogens (primary N) is 1. The van der Waals surface area contributed by atoms with Gasteiger partial charge in [0.2, 0.25) is 0 Å². The first-order valence-corrected chi connectivity index (χ1v) is 7.73. The van der Waals surface area contributed by atoms with Crippen molar-refractivity contribution in [3.05, 3.63) is 34.9 Å². The van der Waals surface area contributed by atoms with Crippen LogP contribution in [0.3, 0.4) is 0 Å². The Balaban J connectivity index is 1.93. The van der Waals surface area contributed by atoms with Crippen LogP contribution in [0.2, 0.25) is 5.02 Å². The number of ether oxygens (including phenoxy) is 1. The highest BCUT2D eigenvalue weighted by molar-refractivity contribution is 6.35. The van der Waals surface area contributed by atoms with Crippen molar-refractivity contribution in [2.75, 3.05) is 18.5 Å². The number of hydrogen-bond donors (Lipinski definition) is 2. The molecule has 2 atom stereocenters. The summed E-state index contributed by atoms with van der Waals surface area (Å²) in [6, 6.07) is 7.76. The normalized spacial score (nSPS) is 19.9. The molecule has 21 heavy (non-hydrogen) atoms. The monoisotopic (exact) mass is 305 g/mol. The summed E-state index contributed by atoms with van der Waals surface area (Å²) in [5.41, 5.74) is 7.89. The number of nitrogens with one attached hydrogen (secondary N) is 1. The van der Waals surface area contributed by atoms with E-state index in [1.807, 2.05) is 25.1 Å². The molecule has 0 spiro atoms. The summed E-state index contributed by atoms with van der Waals surface area (Å²) < 4.78 is 5.64. The summed E-state index contributed by atoms with van der Waals surface area (Å²) in [6.45, 7) is 3.57. The first kappa shape index (κ1) is 14.6. The maximum absolute atomic E-state index is 6.24. The van der Waals surface area contributed by atoms with Gasteiger partial charge >= 0.3 is 0 Å². The molecule has 1 aliphatic rings. The molecule has 2 aromatic rings. The number of fused-ring (bicyclic) bond motifs is 1. The zero-order chi connectivity index (χ0) is 14.8. The minimum absolute atomic E-state index is 0.0899. The Morgan fingerprint density at radius 3 is 3.10 bits per heavy atom. The Hall–Kier alpha value is -1.36. The van der Waals surface area contributed by atoms with E-state index < -0.39 is 0 Å². The SMILES string of the molecule is CC(N)c1cc2cccc(Cl)c2nc1NCC1CCCO1. The molecule has 0 amide bonds. The lowest BCUT2D eigenvalue weighted by molar-refractivity contribution is 0.120. The lowest BCUT2D eigenvalue weighted by atomic mass is 10.1. The van der Waals surface area contributed by atoms with Gasteiger partial charge in [-0.15, -0.1) is 0 Å². The third-order valence-corrected chi connectivity index (χ3v) is 4.14. The second-order valence-electron chi connectivity index (χ2n) is 5.54. The van der Waals surface area contributed by atoms with Crippen LogP contribution in [0.15, 0.2) is 24.3 Å². The summed E-state index contributed by atoms with van der Waals surface area (Å²) in [6.07, 6.45) is 2.48. The molecular formula is C16H20ClN3O. The zero-order valence-electron chi connectivity index (χ0n) is 12.1. The topological polar surface area (TPSA) is 60.2 Å². The number of nitrogens with zero attached hydrogens (tertiary/aromatic N) is 1. The van der Waals surface area contributed by atoms with Gasteiger partial charge in [-0.25, -0.2) is 4.98 Å². The molecule has 112 valence electrons. The number of halogens is 1. The van der Waals surface area contributed by atoms with E-state index in [1.165, 1.54) is 0 Å². The van der Waals surface area contributed by atoms with E-state index >= 15 is 0 Å². The van der Waals surface area contributed by atoms with E-state index in [4.69, 9.17) is 22.1 Å². The number of aromatic nitrogens is 1. The fourth-order valence-corrected chi connectivity index (χ4v) is 2.91. The molecule has 1 aliphatic heterocycles. The molecule has 1 saturated heterocycles. The third kappa shape index (κ3) is 3.12. The van der Waals surface area contributed by atoms with Crippen molar-refractivity contribution in [2.45, 2.75) is 31.9 Å². The molecule has 3 N–H and O–H groups in total. The van der Waals surface area contributed by atoms with Crippen molar-refractivity contribution < 1.29 is 4.74 Å². The van der Waals surface area contributed by atoms with Gasteiger partial charge in [0.25, 0.3) is 0 Å². The first-order chi connectivity index (χ1) is 10.1. The Morgan fingerprint density at radius 2 is 2.38 bits per heavy atom. The van der Waals surface area contributed by atoms with Crippen molar-refractivity contribution in [3.8, 4) is 0 Å². The highest BCUT2D eigenvalue weighted by atomic mass is 35.5. The maximum Gasteiger partial charge on any atom is 0.131 e. The Labute approximate surface area is 129 Å². The van der Waals surface area contributed by atoms with Crippen molar-refractivity contribution >= 4 is 28.3 Å². The number of para-hydroxylation sites is 1. The van der Waals surface area contributed by atoms with Crippen LogP contribution in [0, 0.1) is 0 Å². The average Bonchev–Trinajstić information content (AvgIpc) is 2.98. The lowest BCUT2D eigenvalue weighted by Crippen LogP contribution is -2.21. The summed E-state index contributed by atoms with van der Waals surface area (Å²) in [4.78, 5) is 4.68. The standard InChI is InChI=1S/C16H20ClN3O/c1-10(18)13-8-11-4-2-6-14(17)15(11)20-16(13)19-9-12-5-3-7-21-12/h2,4,6,8,10,12H,3,5,7,9,18H2,1H3,(H,19,20). The molecule has 1 fully saturated rings. The highest BCUT2D eigenvalue weighted by Crippen LogP contribution is 2.29. The van der Waals surface area contributed by atoms with Gasteiger partial charge in [0.05, 0.1) is 16.6 Å². The van der Waals surface area contributed by atoms with Gasteiger partial charge in [-0.05, 0) is 31.9 Å². The first-order valence-electron chi connectivity index (χ1n) is 7.35. The molecule has 2 heterocycles. The van der Waals surface area contributed by atoms with Crippen LogP contribution in [0.25, 0.3) is 10.9 Å². The molecular weight excluding hydrogens is 286 g/mol. The van der Waals surface area contributed by atoms with Crippen LogP contribution in [-0.2, 0) is 4.74 Å². The smallest absolute Gasteiger partial charge is 0.131 e. The predicted molar refractivity (Wildman–Crippen MR) is 86.8 cm³/mol. The number of anilines is 1. The average molecular weight is 306 g/mol. The van der Waals surface area contributed by atoms with Gasteiger partial charge in [0.1, 0.15) is 5.82 Å². The quantitative estimate of drug-likeness (QED) is 0.907. The second-order valence-corrected chi connectivity index (χ2v) is 5.95. The van der Waals surface area contributed by atoms with Gasteiger partial charge in [-0.1, -0.05) is 23.7 Å². The van der Waals surface area contributed by atoms with Gasteiger partial charge < -0.3 is 15.8 Å². The zero-order valence-corrected chi connectivity index (χ0v) is 12.9. The fourth-order valence-electron chi connectivity index (χ4n) is 2.68. The number of pyridine rings is 1. The van der Waals surface area contributed by atoms with E-state index in [0.29, 0.717) is 5.02 Å². The van der Waals surface area contributed by atoms with E-state index in [-0.39, 0.29) is 12.1 Å². The second kappa shape index (κ2) is 6.18. The van der Waals surface area contributed by atoms with E-state index in [1.54, 1.807) is 0 Å². The molecule has 4 nitrogen and oxygen atoms in total. The van der Waals surface area contributed by atoms with E-state index in [2.05, 4.69) is 16.4 Å². The summed E-state index contributed by atoms with van der Waals surface area (Å²) in [7, 11) is 0. The fraction of sp³-hybridized carbons (Fsp3) is 0.438. The van der Waals surface area contributed by atoms with Crippen molar-refractivity contribution in [1.82, 2.24) is 4.98 Å². The van der Waals surface area contributed by atoms with Gasteiger partial charge in [0.15, 0.2) is 0 Å². The predicted octanol–water partition coefficient (Wildman–Crippen LogP) is 3.50. The molecule has 5 heteroatoms. The third-order valence-electron chi connectivity index (χ3n) is 3.84. The van der Waals surface area contributed by atoms with Crippen LogP contribution < -0.4 is 11.1 Å². The van der Waals surface area contributed by atoms with Crippen LogP contribution in [0.4, 0.5) is 5.82 Å². The molecule has 2 unspecified atom stereocenters. The van der Waals surface area contributed by atoms with Crippen molar-refractivity contribution in [3.63, 3.8) is 0 Å². The number of rotatable bonds is 4. The Morgan fingerprint density at radius 1 is 1.52 bits per heavy atom. The minimum Gasteiger partial charge on any atom is -0.376 e. The van der Waals surface area contributed by atoms with Crippen molar-refractivity contribution in [1.29, 1.82) is 0 Å². The molecule has 0 bridgehead atoms. The summed E-state index contributed by atoms with van der Waals surface area (Å²) in [5.74, 6) is 0.807. The van der Waals surface area contributed by atoms with Crippen molar-refractivity contribution in [2.24, 2.45) is 5.73 Å². The van der Waals surface area contributed by atoms with E-state index in [9.17, 15) is 0 Å². The Kier molecular flexibility index (Phi) is 4.29. The molecule has 1 aromatic heterocycles. The van der Waals surface area contributed by atoms with Gasteiger partial charge in [0, 0.05) is 30.1 Å². The van der Waals surface area contributed by atoms with Gasteiger partial charge in [-0.2, -0.15) is 0 Å². The lowest BCUT2D eigenvalue weighted by Gasteiger charge is -2.17. The van der Waals surface area contributed by atoms with Crippen LogP contribution in [-0.4, -0.2) is 24.2 Å². The minimum atomic E-state index is -0.0899.